The molecule has 0 N–H and O–H groups in total. The lowest BCUT2D eigenvalue weighted by Crippen LogP contribution is -2.37. The van der Waals surface area contributed by atoms with Gasteiger partial charge in [0.1, 0.15) is 5.82 Å². The highest BCUT2D eigenvalue weighted by molar-refractivity contribution is 5.91. The first kappa shape index (κ1) is 16.8. The van der Waals surface area contributed by atoms with E-state index in [1.54, 1.807) is 12.1 Å². The van der Waals surface area contributed by atoms with Gasteiger partial charge < -0.3 is 9.64 Å². The average Bonchev–Trinajstić information content (AvgIpc) is 2.67. The van der Waals surface area contributed by atoms with E-state index in [4.69, 9.17) is 4.74 Å². The summed E-state index contributed by atoms with van der Waals surface area (Å²) in [6.07, 6.45) is -4.47. The van der Waals surface area contributed by atoms with Crippen LogP contribution in [0.25, 0.3) is 22.3 Å². The van der Waals surface area contributed by atoms with Gasteiger partial charge in [0.15, 0.2) is 5.82 Å². The van der Waals surface area contributed by atoms with Crippen LogP contribution >= 0.6 is 0 Å². The summed E-state index contributed by atoms with van der Waals surface area (Å²) < 4.78 is 45.6. The van der Waals surface area contributed by atoms with E-state index in [0.29, 0.717) is 37.6 Å². The third kappa shape index (κ3) is 3.10. The van der Waals surface area contributed by atoms with Crippen molar-refractivity contribution in [1.29, 1.82) is 0 Å². The van der Waals surface area contributed by atoms with E-state index in [-0.39, 0.29) is 11.4 Å². The molecule has 26 heavy (non-hydrogen) atoms. The lowest BCUT2D eigenvalue weighted by molar-refractivity contribution is -0.137. The third-order valence-electron chi connectivity index (χ3n) is 4.37. The zero-order valence-electron chi connectivity index (χ0n) is 13.8. The highest BCUT2D eigenvalue weighted by Crippen LogP contribution is 2.37. The van der Waals surface area contributed by atoms with Crippen molar-refractivity contribution in [3.8, 4) is 11.4 Å². The summed E-state index contributed by atoms with van der Waals surface area (Å²) in [4.78, 5) is 11.0. The van der Waals surface area contributed by atoms with Crippen molar-refractivity contribution in [2.45, 2.75) is 6.18 Å². The molecule has 4 nitrogen and oxygen atoms in total. The topological polar surface area (TPSA) is 38.2 Å². The smallest absolute Gasteiger partial charge is 0.378 e. The van der Waals surface area contributed by atoms with Crippen molar-refractivity contribution >= 4 is 16.7 Å². The third-order valence-corrected chi connectivity index (χ3v) is 4.37. The van der Waals surface area contributed by atoms with Crippen LogP contribution in [0.15, 0.2) is 48.5 Å². The average molecular weight is 359 g/mol. The van der Waals surface area contributed by atoms with Crippen LogP contribution < -0.4 is 4.90 Å². The maximum absolute atomic E-state index is 13.4. The first-order valence-corrected chi connectivity index (χ1v) is 8.30. The van der Waals surface area contributed by atoms with Crippen molar-refractivity contribution in [3.05, 3.63) is 54.1 Å². The molecule has 0 atom stereocenters. The second kappa shape index (κ2) is 6.57. The van der Waals surface area contributed by atoms with Gasteiger partial charge in [-0.3, -0.25) is 0 Å². The van der Waals surface area contributed by atoms with Crippen LogP contribution in [0.5, 0.6) is 0 Å². The molecule has 1 fully saturated rings. The van der Waals surface area contributed by atoms with Crippen LogP contribution in [0.2, 0.25) is 0 Å². The van der Waals surface area contributed by atoms with Gasteiger partial charge in [-0.05, 0) is 18.2 Å². The number of halogens is 3. The van der Waals surface area contributed by atoms with E-state index in [1.165, 1.54) is 12.1 Å². The molecule has 2 heterocycles. The molecule has 134 valence electrons. The first-order valence-electron chi connectivity index (χ1n) is 8.30. The number of hydrogen-bond acceptors (Lipinski definition) is 4. The number of rotatable bonds is 2. The summed E-state index contributed by atoms with van der Waals surface area (Å²) in [7, 11) is 0. The Balaban J connectivity index is 1.92. The van der Waals surface area contributed by atoms with Gasteiger partial charge in [-0.25, -0.2) is 9.97 Å². The largest absolute Gasteiger partial charge is 0.417 e. The molecule has 7 heteroatoms. The Morgan fingerprint density at radius 1 is 0.885 bits per heavy atom. The highest BCUT2D eigenvalue weighted by atomic mass is 19.4. The van der Waals surface area contributed by atoms with Gasteiger partial charge in [0.05, 0.1) is 24.3 Å². The monoisotopic (exact) mass is 359 g/mol. The maximum atomic E-state index is 13.4. The van der Waals surface area contributed by atoms with Gasteiger partial charge in [0.2, 0.25) is 0 Å². The molecule has 0 saturated carbocycles. The molecule has 0 amide bonds. The van der Waals surface area contributed by atoms with Crippen molar-refractivity contribution in [1.82, 2.24) is 9.97 Å². The normalized spacial score (nSPS) is 15.4. The molecule has 0 unspecified atom stereocenters. The SMILES string of the molecule is FC(F)(F)c1ccccc1-c1nc(N2CCOCC2)c2ccccc2n1. The fourth-order valence-corrected chi connectivity index (χ4v) is 3.12. The van der Waals surface area contributed by atoms with Crippen LogP contribution in [0, 0.1) is 0 Å². The van der Waals surface area contributed by atoms with Crippen LogP contribution in [-0.4, -0.2) is 36.3 Å². The molecular formula is C19H16F3N3O. The van der Waals surface area contributed by atoms with E-state index >= 15 is 0 Å². The summed E-state index contributed by atoms with van der Waals surface area (Å²) in [5.41, 5.74) is -0.126. The van der Waals surface area contributed by atoms with E-state index in [2.05, 4.69) is 9.97 Å². The summed E-state index contributed by atoms with van der Waals surface area (Å²) >= 11 is 0. The van der Waals surface area contributed by atoms with Gasteiger partial charge in [-0.2, -0.15) is 13.2 Å². The Hall–Kier alpha value is -2.67. The molecule has 0 spiro atoms. The van der Waals surface area contributed by atoms with Crippen LogP contribution in [0.4, 0.5) is 19.0 Å². The number of morpholine rings is 1. The number of nitrogens with zero attached hydrogens (tertiary/aromatic N) is 3. The number of aromatic nitrogens is 2. The van der Waals surface area contributed by atoms with Crippen molar-refractivity contribution in [2.75, 3.05) is 31.2 Å². The molecule has 1 aliphatic rings. The Morgan fingerprint density at radius 2 is 1.58 bits per heavy atom. The highest BCUT2D eigenvalue weighted by Gasteiger charge is 2.34. The van der Waals surface area contributed by atoms with Gasteiger partial charge in [-0.1, -0.05) is 30.3 Å². The fraction of sp³-hybridized carbons (Fsp3) is 0.263. The van der Waals surface area contributed by atoms with Crippen LogP contribution in [0.1, 0.15) is 5.56 Å². The first-order chi connectivity index (χ1) is 12.5. The minimum absolute atomic E-state index is 0.0136. The quantitative estimate of drug-likeness (QED) is 0.689. The second-order valence-corrected chi connectivity index (χ2v) is 6.03. The summed E-state index contributed by atoms with van der Waals surface area (Å²) in [5, 5.41) is 0.822. The zero-order chi connectivity index (χ0) is 18.1. The number of ether oxygens (including phenoxy) is 1. The van der Waals surface area contributed by atoms with Crippen molar-refractivity contribution in [2.24, 2.45) is 0 Å². The Bertz CT molecular complexity index is 937. The van der Waals surface area contributed by atoms with Crippen molar-refractivity contribution in [3.63, 3.8) is 0 Å². The van der Waals surface area contributed by atoms with E-state index in [0.717, 1.165) is 11.5 Å². The Kier molecular flexibility index (Phi) is 4.24. The summed E-state index contributed by atoms with van der Waals surface area (Å²) in [6.45, 7) is 2.41. The molecule has 3 aromatic rings. The standard InChI is InChI=1S/C19H16F3N3O/c20-19(21,22)15-7-3-1-5-13(15)17-23-16-8-4-2-6-14(16)18(24-17)25-9-11-26-12-10-25/h1-8H,9-12H2. The summed E-state index contributed by atoms with van der Waals surface area (Å²) in [5.74, 6) is 0.726. The van der Waals surface area contributed by atoms with E-state index < -0.39 is 11.7 Å². The number of alkyl halides is 3. The van der Waals surface area contributed by atoms with Crippen LogP contribution in [0.3, 0.4) is 0 Å². The molecule has 1 aromatic heterocycles. The van der Waals surface area contributed by atoms with Crippen molar-refractivity contribution < 1.29 is 17.9 Å². The van der Waals surface area contributed by atoms with Gasteiger partial charge >= 0.3 is 6.18 Å². The minimum Gasteiger partial charge on any atom is -0.378 e. The number of hydrogen-bond donors (Lipinski definition) is 0. The maximum Gasteiger partial charge on any atom is 0.417 e. The molecular weight excluding hydrogens is 343 g/mol. The minimum atomic E-state index is -4.47. The van der Waals surface area contributed by atoms with Gasteiger partial charge in [0, 0.05) is 24.0 Å². The molecule has 0 bridgehead atoms. The zero-order valence-corrected chi connectivity index (χ0v) is 13.8. The number of fused-ring (bicyclic) bond motifs is 1. The number of benzene rings is 2. The second-order valence-electron chi connectivity index (χ2n) is 6.03. The van der Waals surface area contributed by atoms with Gasteiger partial charge in [-0.15, -0.1) is 0 Å². The molecule has 1 saturated heterocycles. The molecule has 0 radical (unpaired) electrons. The predicted octanol–water partition coefficient (Wildman–Crippen LogP) is 4.15. The van der Waals surface area contributed by atoms with E-state index in [9.17, 15) is 13.2 Å². The van der Waals surface area contributed by atoms with E-state index in [1.807, 2.05) is 23.1 Å². The Morgan fingerprint density at radius 3 is 2.35 bits per heavy atom. The lowest BCUT2D eigenvalue weighted by Gasteiger charge is -2.29. The Labute approximate surface area is 148 Å². The fourth-order valence-electron chi connectivity index (χ4n) is 3.12. The molecule has 2 aromatic carbocycles. The lowest BCUT2D eigenvalue weighted by atomic mass is 10.1. The molecule has 1 aliphatic heterocycles. The number of para-hydroxylation sites is 1. The van der Waals surface area contributed by atoms with Gasteiger partial charge in [0.25, 0.3) is 0 Å². The molecule has 0 aliphatic carbocycles. The van der Waals surface area contributed by atoms with Crippen LogP contribution in [-0.2, 0) is 10.9 Å². The predicted molar refractivity (Wildman–Crippen MR) is 93.0 cm³/mol. The summed E-state index contributed by atoms with van der Waals surface area (Å²) in [6, 6.07) is 12.8. The number of anilines is 1. The molecule has 4 rings (SSSR count).